The summed E-state index contributed by atoms with van der Waals surface area (Å²) in [5.41, 5.74) is 0.923. The van der Waals surface area contributed by atoms with E-state index in [9.17, 15) is 9.59 Å². The SMILES string of the molecule is Cc1cc2n(n1)CCC(=O)N2CCCC(=O)NCCCN1CCCCCC1. The number of hydrogen-bond acceptors (Lipinski definition) is 4. The van der Waals surface area contributed by atoms with E-state index in [0.717, 1.165) is 31.0 Å². The molecule has 0 aliphatic carbocycles. The van der Waals surface area contributed by atoms with Crippen LogP contribution in [0.25, 0.3) is 0 Å². The van der Waals surface area contributed by atoms with E-state index >= 15 is 0 Å². The summed E-state index contributed by atoms with van der Waals surface area (Å²) in [5, 5.41) is 7.44. The summed E-state index contributed by atoms with van der Waals surface area (Å²) in [7, 11) is 0. The molecule has 0 radical (unpaired) electrons. The Labute approximate surface area is 162 Å². The summed E-state index contributed by atoms with van der Waals surface area (Å²) in [6.07, 6.45) is 7.94. The number of anilines is 1. The van der Waals surface area contributed by atoms with Crippen LogP contribution in [-0.4, -0.2) is 59.2 Å². The molecule has 27 heavy (non-hydrogen) atoms. The minimum atomic E-state index is 0.0833. The molecule has 3 heterocycles. The maximum atomic E-state index is 12.2. The van der Waals surface area contributed by atoms with E-state index in [4.69, 9.17) is 0 Å². The van der Waals surface area contributed by atoms with Crippen LogP contribution in [0.15, 0.2) is 6.07 Å². The zero-order valence-corrected chi connectivity index (χ0v) is 16.6. The van der Waals surface area contributed by atoms with Crippen LogP contribution < -0.4 is 10.2 Å². The summed E-state index contributed by atoms with van der Waals surface area (Å²) in [6.45, 7) is 7.38. The Morgan fingerprint density at radius 2 is 1.89 bits per heavy atom. The fourth-order valence-electron chi connectivity index (χ4n) is 3.99. The van der Waals surface area contributed by atoms with Crippen LogP contribution in [-0.2, 0) is 16.1 Å². The number of fused-ring (bicyclic) bond motifs is 1. The van der Waals surface area contributed by atoms with Gasteiger partial charge >= 0.3 is 0 Å². The lowest BCUT2D eigenvalue weighted by molar-refractivity contribution is -0.122. The number of nitrogens with zero attached hydrogens (tertiary/aromatic N) is 4. The van der Waals surface area contributed by atoms with Gasteiger partial charge in [-0.3, -0.25) is 14.5 Å². The first-order valence-electron chi connectivity index (χ1n) is 10.5. The molecule has 0 unspecified atom stereocenters. The summed E-state index contributed by atoms with van der Waals surface area (Å²) in [4.78, 5) is 28.6. The van der Waals surface area contributed by atoms with Gasteiger partial charge in [0, 0.05) is 32.0 Å². The van der Waals surface area contributed by atoms with Gasteiger partial charge in [0.05, 0.1) is 12.2 Å². The van der Waals surface area contributed by atoms with Crippen molar-refractivity contribution in [1.29, 1.82) is 0 Å². The Hall–Kier alpha value is -1.89. The molecule has 1 saturated heterocycles. The number of carbonyl (C=O) groups is 2. The molecule has 150 valence electrons. The fourth-order valence-corrected chi connectivity index (χ4v) is 3.99. The monoisotopic (exact) mass is 375 g/mol. The van der Waals surface area contributed by atoms with Crippen molar-refractivity contribution in [3.05, 3.63) is 11.8 Å². The standard InChI is InChI=1S/C20H33N5O2/c1-17-16-19-24(20(27)9-15-25(19)22-17)14-6-8-18(26)21-10-7-13-23-11-4-2-3-5-12-23/h16H,2-15H2,1H3,(H,21,26). The number of carbonyl (C=O) groups excluding carboxylic acids is 2. The van der Waals surface area contributed by atoms with Gasteiger partial charge in [0.1, 0.15) is 5.82 Å². The second kappa shape index (κ2) is 9.88. The molecule has 2 aliphatic rings. The molecule has 3 rings (SSSR count). The molecule has 0 atom stereocenters. The third kappa shape index (κ3) is 5.79. The molecule has 7 heteroatoms. The Balaban J connectivity index is 1.32. The zero-order chi connectivity index (χ0) is 19.1. The topological polar surface area (TPSA) is 70.5 Å². The molecular weight excluding hydrogens is 342 g/mol. The van der Waals surface area contributed by atoms with Gasteiger partial charge in [0.2, 0.25) is 11.8 Å². The summed E-state index contributed by atoms with van der Waals surface area (Å²) >= 11 is 0. The highest BCUT2D eigenvalue weighted by Crippen LogP contribution is 2.22. The van der Waals surface area contributed by atoms with Crippen molar-refractivity contribution in [2.75, 3.05) is 37.6 Å². The maximum absolute atomic E-state index is 12.2. The number of nitrogens with one attached hydrogen (secondary N) is 1. The first-order valence-corrected chi connectivity index (χ1v) is 10.5. The predicted molar refractivity (Wildman–Crippen MR) is 106 cm³/mol. The average Bonchev–Trinajstić information content (AvgIpc) is 2.85. The lowest BCUT2D eigenvalue weighted by atomic mass is 10.2. The average molecular weight is 376 g/mol. The molecule has 1 fully saturated rings. The summed E-state index contributed by atoms with van der Waals surface area (Å²) < 4.78 is 1.89. The third-order valence-electron chi connectivity index (χ3n) is 5.45. The van der Waals surface area contributed by atoms with Crippen molar-refractivity contribution in [3.8, 4) is 0 Å². The summed E-state index contributed by atoms with van der Waals surface area (Å²) in [5.74, 6) is 1.07. The highest BCUT2D eigenvalue weighted by molar-refractivity contribution is 5.93. The van der Waals surface area contributed by atoms with E-state index in [1.165, 1.54) is 38.8 Å². The van der Waals surface area contributed by atoms with Crippen LogP contribution in [0.1, 0.15) is 57.1 Å². The lowest BCUT2D eigenvalue weighted by Crippen LogP contribution is -2.38. The number of amides is 2. The molecule has 0 aromatic carbocycles. The van der Waals surface area contributed by atoms with Gasteiger partial charge in [0.15, 0.2) is 0 Å². The van der Waals surface area contributed by atoms with Gasteiger partial charge < -0.3 is 10.2 Å². The second-order valence-corrected chi connectivity index (χ2v) is 7.73. The molecule has 1 N–H and O–H groups in total. The van der Waals surface area contributed by atoms with E-state index < -0.39 is 0 Å². The molecule has 2 amide bonds. The second-order valence-electron chi connectivity index (χ2n) is 7.73. The van der Waals surface area contributed by atoms with Crippen molar-refractivity contribution in [2.45, 2.75) is 64.8 Å². The maximum Gasteiger partial charge on any atom is 0.229 e. The van der Waals surface area contributed by atoms with Gasteiger partial charge in [-0.05, 0) is 52.2 Å². The number of rotatable bonds is 8. The van der Waals surface area contributed by atoms with Crippen molar-refractivity contribution in [1.82, 2.24) is 20.0 Å². The quantitative estimate of drug-likeness (QED) is 0.707. The lowest BCUT2D eigenvalue weighted by Gasteiger charge is -2.27. The van der Waals surface area contributed by atoms with Crippen molar-refractivity contribution < 1.29 is 9.59 Å². The predicted octanol–water partition coefficient (Wildman–Crippen LogP) is 2.09. The fraction of sp³-hybridized carbons (Fsp3) is 0.750. The molecule has 1 aromatic heterocycles. The number of aromatic nitrogens is 2. The Bertz CT molecular complexity index is 634. The molecule has 7 nitrogen and oxygen atoms in total. The van der Waals surface area contributed by atoms with E-state index in [-0.39, 0.29) is 11.8 Å². The Kier molecular flexibility index (Phi) is 7.26. The number of aryl methyl sites for hydroxylation is 2. The minimum Gasteiger partial charge on any atom is -0.356 e. The summed E-state index contributed by atoms with van der Waals surface area (Å²) in [6, 6.07) is 1.94. The van der Waals surface area contributed by atoms with Gasteiger partial charge in [-0.25, -0.2) is 4.68 Å². The Morgan fingerprint density at radius 1 is 1.11 bits per heavy atom. The minimum absolute atomic E-state index is 0.0833. The molecule has 2 aliphatic heterocycles. The third-order valence-corrected chi connectivity index (χ3v) is 5.45. The molecule has 1 aromatic rings. The Morgan fingerprint density at radius 3 is 2.67 bits per heavy atom. The molecule has 0 spiro atoms. The van der Waals surface area contributed by atoms with E-state index in [0.29, 0.717) is 32.4 Å². The van der Waals surface area contributed by atoms with Gasteiger partial charge in [-0.2, -0.15) is 5.10 Å². The van der Waals surface area contributed by atoms with Crippen LogP contribution in [0.2, 0.25) is 0 Å². The first-order chi connectivity index (χ1) is 13.1. The normalized spacial score (nSPS) is 18.3. The number of hydrogen-bond donors (Lipinski definition) is 1. The molecule has 0 saturated carbocycles. The highest BCUT2D eigenvalue weighted by Gasteiger charge is 2.25. The molecule has 0 bridgehead atoms. The van der Waals surface area contributed by atoms with Crippen LogP contribution in [0, 0.1) is 6.92 Å². The largest absolute Gasteiger partial charge is 0.356 e. The van der Waals surface area contributed by atoms with Gasteiger partial charge in [0.25, 0.3) is 0 Å². The van der Waals surface area contributed by atoms with Crippen LogP contribution in [0.3, 0.4) is 0 Å². The highest BCUT2D eigenvalue weighted by atomic mass is 16.2. The van der Waals surface area contributed by atoms with Gasteiger partial charge in [-0.15, -0.1) is 0 Å². The van der Waals surface area contributed by atoms with Crippen molar-refractivity contribution >= 4 is 17.6 Å². The van der Waals surface area contributed by atoms with Crippen LogP contribution in [0.4, 0.5) is 5.82 Å². The number of likely N-dealkylation sites (tertiary alicyclic amines) is 1. The van der Waals surface area contributed by atoms with E-state index in [1.807, 2.05) is 17.7 Å². The van der Waals surface area contributed by atoms with Gasteiger partial charge in [-0.1, -0.05) is 12.8 Å². The molecular formula is C20H33N5O2. The van der Waals surface area contributed by atoms with Crippen LogP contribution >= 0.6 is 0 Å². The first kappa shape index (κ1) is 19.9. The zero-order valence-electron chi connectivity index (χ0n) is 16.6. The van der Waals surface area contributed by atoms with Crippen molar-refractivity contribution in [2.24, 2.45) is 0 Å². The van der Waals surface area contributed by atoms with Crippen LogP contribution in [0.5, 0.6) is 0 Å². The van der Waals surface area contributed by atoms with E-state index in [1.54, 1.807) is 4.90 Å². The van der Waals surface area contributed by atoms with Crippen molar-refractivity contribution in [3.63, 3.8) is 0 Å². The smallest absolute Gasteiger partial charge is 0.229 e. The van der Waals surface area contributed by atoms with E-state index in [2.05, 4.69) is 15.3 Å².